The predicted molar refractivity (Wildman–Crippen MR) is 134 cm³/mol. The maximum absolute atomic E-state index is 6.02. The maximum atomic E-state index is 6.02. The van der Waals surface area contributed by atoms with Gasteiger partial charge < -0.3 is 28.4 Å². The topological polar surface area (TPSA) is 131 Å². The third-order valence-electron chi connectivity index (χ3n) is 5.64. The highest BCUT2D eigenvalue weighted by molar-refractivity contribution is 5.98. The lowest BCUT2D eigenvalue weighted by molar-refractivity contribution is 0.246. The number of hydrogen-bond acceptors (Lipinski definition) is 12. The molecule has 12 heteroatoms. The molecule has 0 aliphatic carbocycles. The zero-order valence-electron chi connectivity index (χ0n) is 20.2. The Balaban J connectivity index is 1.10. The first kappa shape index (κ1) is 23.2. The average molecular weight is 507 g/mol. The van der Waals surface area contributed by atoms with E-state index in [1.54, 1.807) is 0 Å². The van der Waals surface area contributed by atoms with Crippen LogP contribution in [0, 0.1) is 0 Å². The van der Waals surface area contributed by atoms with E-state index in [1.807, 2.05) is 24.3 Å². The van der Waals surface area contributed by atoms with Crippen molar-refractivity contribution in [1.82, 2.24) is 9.97 Å². The van der Waals surface area contributed by atoms with Crippen molar-refractivity contribution in [1.29, 1.82) is 0 Å². The normalized spacial score (nSPS) is 18.2. The molecule has 0 spiro atoms. The van der Waals surface area contributed by atoms with Crippen molar-refractivity contribution in [3.8, 4) is 11.5 Å². The molecule has 0 bridgehead atoms. The van der Waals surface area contributed by atoms with Crippen LogP contribution in [0.15, 0.2) is 44.2 Å². The van der Waals surface area contributed by atoms with Crippen molar-refractivity contribution in [2.24, 2.45) is 20.0 Å². The monoisotopic (exact) mass is 506 g/mol. The number of ether oxygens (including phenoxy) is 6. The van der Waals surface area contributed by atoms with Crippen LogP contribution in [0.3, 0.4) is 0 Å². The highest BCUT2D eigenvalue weighted by Gasteiger charge is 2.21. The lowest BCUT2D eigenvalue weighted by atomic mass is 10.2. The van der Waals surface area contributed by atoms with E-state index in [1.165, 1.54) is 0 Å². The largest absolute Gasteiger partial charge is 0.493 e. The molecule has 0 saturated carbocycles. The molecule has 6 heterocycles. The Morgan fingerprint density at radius 1 is 0.514 bits per heavy atom. The van der Waals surface area contributed by atoms with Crippen molar-refractivity contribution in [3.63, 3.8) is 0 Å². The van der Waals surface area contributed by atoms with Gasteiger partial charge in [-0.3, -0.25) is 0 Å². The molecule has 2 aromatic heterocycles. The zero-order chi connectivity index (χ0) is 24.9. The number of hydrogen-bond donors (Lipinski definition) is 0. The summed E-state index contributed by atoms with van der Waals surface area (Å²) in [4.78, 5) is 26.7. The fourth-order valence-corrected chi connectivity index (χ4v) is 4.02. The lowest BCUT2D eigenvalue weighted by Gasteiger charge is -2.12. The highest BCUT2D eigenvalue weighted by atomic mass is 16.5. The van der Waals surface area contributed by atoms with Crippen LogP contribution in [-0.2, 0) is 18.9 Å². The third kappa shape index (κ3) is 5.47. The zero-order valence-corrected chi connectivity index (χ0v) is 20.2. The first-order valence-electron chi connectivity index (χ1n) is 12.3. The molecule has 0 saturated heterocycles. The van der Waals surface area contributed by atoms with Crippen molar-refractivity contribution < 1.29 is 28.4 Å². The van der Waals surface area contributed by atoms with Crippen molar-refractivity contribution >= 4 is 23.6 Å². The molecule has 37 heavy (non-hydrogen) atoms. The van der Waals surface area contributed by atoms with Crippen LogP contribution in [0.2, 0.25) is 0 Å². The van der Waals surface area contributed by atoms with Gasteiger partial charge in [-0.05, 0) is 0 Å². The van der Waals surface area contributed by atoms with Crippen molar-refractivity contribution in [3.05, 3.63) is 47.0 Å². The van der Waals surface area contributed by atoms with Crippen LogP contribution >= 0.6 is 0 Å². The Morgan fingerprint density at radius 3 is 1.11 bits per heavy atom. The molecule has 4 aliphatic heterocycles. The number of aliphatic imine (C=N–C) groups is 4. The van der Waals surface area contributed by atoms with Crippen LogP contribution in [0.5, 0.6) is 11.5 Å². The standard InChI is InChI=1S/C25H26N6O6/c1(6-32-16-12-18(22-26-2-8-34-22)30-19(13-16)23-27-3-9-35-23)7-33-17-14-20(24-28-4-10-36-24)31-21(15-17)25-29-5-11-37-25/h12-15H,1-11H2. The fraction of sp³-hybridized carbons (Fsp3) is 0.440. The SMILES string of the molecule is c1c(OCCCOc2cc(C3=NCCO3)nc(C3=NCCO3)c2)cc(C2=NCCO2)nc1C1=NCCO1. The van der Waals surface area contributed by atoms with E-state index in [0.29, 0.717) is 130 Å². The highest BCUT2D eigenvalue weighted by Crippen LogP contribution is 2.21. The van der Waals surface area contributed by atoms with E-state index < -0.39 is 0 Å². The van der Waals surface area contributed by atoms with E-state index in [9.17, 15) is 0 Å². The molecule has 0 fully saturated rings. The first-order valence-corrected chi connectivity index (χ1v) is 12.3. The Hall–Kier alpha value is -4.22. The molecule has 2 aromatic rings. The van der Waals surface area contributed by atoms with Gasteiger partial charge in [0.05, 0.1) is 39.4 Å². The van der Waals surface area contributed by atoms with Gasteiger partial charge in [0.2, 0.25) is 23.6 Å². The summed E-state index contributed by atoms with van der Waals surface area (Å²) in [5.41, 5.74) is 2.41. The Labute approximate surface area is 213 Å². The van der Waals surface area contributed by atoms with Gasteiger partial charge in [-0.25, -0.2) is 29.9 Å². The number of aromatic nitrogens is 2. The van der Waals surface area contributed by atoms with E-state index in [4.69, 9.17) is 28.4 Å². The molecule has 0 unspecified atom stereocenters. The average Bonchev–Trinajstić information content (AvgIpc) is 3.75. The molecule has 4 aliphatic rings. The van der Waals surface area contributed by atoms with Crippen LogP contribution in [0.1, 0.15) is 29.2 Å². The second-order valence-electron chi connectivity index (χ2n) is 8.34. The fourth-order valence-electron chi connectivity index (χ4n) is 4.02. The van der Waals surface area contributed by atoms with Gasteiger partial charge in [0.1, 0.15) is 60.7 Å². The van der Waals surface area contributed by atoms with Crippen LogP contribution < -0.4 is 9.47 Å². The molecule has 0 amide bonds. The van der Waals surface area contributed by atoms with E-state index >= 15 is 0 Å². The summed E-state index contributed by atoms with van der Waals surface area (Å²) in [6.45, 7) is 5.50. The van der Waals surface area contributed by atoms with Crippen LogP contribution in [0.25, 0.3) is 0 Å². The quantitative estimate of drug-likeness (QED) is 0.443. The third-order valence-corrected chi connectivity index (χ3v) is 5.64. The Bertz CT molecular complexity index is 1110. The molecule has 0 atom stereocenters. The molecule has 0 aromatic carbocycles. The van der Waals surface area contributed by atoms with E-state index in [2.05, 4.69) is 29.9 Å². The van der Waals surface area contributed by atoms with Crippen LogP contribution in [-0.4, -0.2) is 99.4 Å². The number of nitrogens with zero attached hydrogens (tertiary/aromatic N) is 6. The van der Waals surface area contributed by atoms with Gasteiger partial charge in [-0.1, -0.05) is 0 Å². The van der Waals surface area contributed by atoms with Gasteiger partial charge >= 0.3 is 0 Å². The number of rotatable bonds is 10. The predicted octanol–water partition coefficient (Wildman–Crippen LogP) is 1.43. The van der Waals surface area contributed by atoms with Crippen molar-refractivity contribution in [2.75, 3.05) is 65.8 Å². The minimum Gasteiger partial charge on any atom is -0.493 e. The molecule has 0 radical (unpaired) electrons. The number of pyridine rings is 2. The van der Waals surface area contributed by atoms with Gasteiger partial charge in [-0.15, -0.1) is 0 Å². The Kier molecular flexibility index (Phi) is 6.78. The molecule has 6 rings (SSSR count). The second kappa shape index (κ2) is 10.8. The Morgan fingerprint density at radius 2 is 0.838 bits per heavy atom. The van der Waals surface area contributed by atoms with E-state index in [0.717, 1.165) is 0 Å². The van der Waals surface area contributed by atoms with Crippen molar-refractivity contribution in [2.45, 2.75) is 6.42 Å². The summed E-state index contributed by atoms with van der Waals surface area (Å²) in [5.74, 6) is 3.29. The molecular weight excluding hydrogens is 480 g/mol. The maximum Gasteiger partial charge on any atom is 0.235 e. The second-order valence-corrected chi connectivity index (χ2v) is 8.34. The first-order chi connectivity index (χ1) is 18.3. The van der Waals surface area contributed by atoms with Gasteiger partial charge in [-0.2, -0.15) is 0 Å². The lowest BCUT2D eigenvalue weighted by Crippen LogP contribution is -2.13. The van der Waals surface area contributed by atoms with E-state index in [-0.39, 0.29) is 0 Å². The molecule has 12 nitrogen and oxygen atoms in total. The van der Waals surface area contributed by atoms with Gasteiger partial charge in [0.25, 0.3) is 0 Å². The summed E-state index contributed by atoms with van der Waals surface area (Å²) in [5, 5.41) is 0. The molecule has 0 N–H and O–H groups in total. The summed E-state index contributed by atoms with van der Waals surface area (Å²) >= 11 is 0. The van der Waals surface area contributed by atoms with Gasteiger partial charge in [0.15, 0.2) is 0 Å². The summed E-state index contributed by atoms with van der Waals surface area (Å²) in [7, 11) is 0. The summed E-state index contributed by atoms with van der Waals surface area (Å²) < 4.78 is 34.4. The summed E-state index contributed by atoms with van der Waals surface area (Å²) in [6, 6.07) is 7.26. The molecule has 192 valence electrons. The minimum atomic E-state index is 0.431. The summed E-state index contributed by atoms with van der Waals surface area (Å²) in [6.07, 6.45) is 0.643. The minimum absolute atomic E-state index is 0.431. The van der Waals surface area contributed by atoms with Gasteiger partial charge in [0, 0.05) is 30.7 Å². The smallest absolute Gasteiger partial charge is 0.235 e. The molecular formula is C25H26N6O6. The van der Waals surface area contributed by atoms with Crippen LogP contribution in [0.4, 0.5) is 0 Å².